The van der Waals surface area contributed by atoms with E-state index in [1.807, 2.05) is 12.1 Å². The smallest absolute Gasteiger partial charge is 0.248 e. The number of amides is 1. The van der Waals surface area contributed by atoms with Gasteiger partial charge in [0.05, 0.1) is 17.3 Å². The number of carbonyl (C=O) groups is 1. The molecule has 0 aliphatic heterocycles. The molecule has 0 aliphatic carbocycles. The summed E-state index contributed by atoms with van der Waals surface area (Å²) in [6.07, 6.45) is 1.09. The minimum absolute atomic E-state index is 0.416. The molecule has 9 heteroatoms. The van der Waals surface area contributed by atoms with Gasteiger partial charge in [0.2, 0.25) is 15.9 Å². The Hall–Kier alpha value is -3.85. The van der Waals surface area contributed by atoms with Crippen LogP contribution in [0.1, 0.15) is 10.4 Å². The average molecular weight is 422 g/mol. The lowest BCUT2D eigenvalue weighted by Crippen LogP contribution is -2.10. The normalized spacial score (nSPS) is 11.4. The number of fused-ring (bicyclic) bond motifs is 1. The van der Waals surface area contributed by atoms with Crippen molar-refractivity contribution in [2.24, 2.45) is 5.73 Å². The molecule has 0 atom stereocenters. The number of nitrogens with one attached hydrogen (secondary N) is 2. The first-order valence-electron chi connectivity index (χ1n) is 8.92. The molecular formula is C21H18N4O4S. The molecule has 0 bridgehead atoms. The van der Waals surface area contributed by atoms with E-state index < -0.39 is 15.9 Å². The van der Waals surface area contributed by atoms with Gasteiger partial charge in [0.25, 0.3) is 0 Å². The van der Waals surface area contributed by atoms with Crippen molar-refractivity contribution in [2.75, 3.05) is 11.0 Å². The Kier molecular flexibility index (Phi) is 4.88. The number of anilines is 1. The number of sulfonamides is 1. The lowest BCUT2D eigenvalue weighted by Gasteiger charge is -2.08. The van der Waals surface area contributed by atoms with Crippen LogP contribution in [0.2, 0.25) is 0 Å². The second-order valence-electron chi connectivity index (χ2n) is 6.71. The van der Waals surface area contributed by atoms with Gasteiger partial charge < -0.3 is 15.5 Å². The van der Waals surface area contributed by atoms with Crippen molar-refractivity contribution in [1.82, 2.24) is 9.97 Å². The molecule has 1 amide bonds. The maximum absolute atomic E-state index is 11.3. The maximum atomic E-state index is 11.3. The molecule has 4 aromatic rings. The van der Waals surface area contributed by atoms with Crippen molar-refractivity contribution < 1.29 is 17.9 Å². The van der Waals surface area contributed by atoms with Crippen molar-refractivity contribution in [1.29, 1.82) is 0 Å². The number of primary amides is 1. The number of aromatic amines is 1. The van der Waals surface area contributed by atoms with Crippen LogP contribution in [0.25, 0.3) is 22.4 Å². The van der Waals surface area contributed by atoms with Gasteiger partial charge in [0.1, 0.15) is 17.3 Å². The van der Waals surface area contributed by atoms with Crippen LogP contribution in [0.3, 0.4) is 0 Å². The molecule has 0 saturated heterocycles. The first-order chi connectivity index (χ1) is 14.3. The van der Waals surface area contributed by atoms with E-state index in [1.54, 1.807) is 54.6 Å². The first-order valence-corrected chi connectivity index (χ1v) is 10.8. The minimum atomic E-state index is -3.32. The van der Waals surface area contributed by atoms with Gasteiger partial charge in [-0.25, -0.2) is 13.4 Å². The second-order valence-corrected chi connectivity index (χ2v) is 8.46. The Bertz CT molecular complexity index is 1330. The number of hydrogen-bond acceptors (Lipinski definition) is 5. The first kappa shape index (κ1) is 19.5. The zero-order chi connectivity index (χ0) is 21.3. The predicted octanol–water partition coefficient (Wildman–Crippen LogP) is 3.49. The van der Waals surface area contributed by atoms with Crippen LogP contribution < -0.4 is 15.2 Å². The fourth-order valence-electron chi connectivity index (χ4n) is 2.92. The van der Waals surface area contributed by atoms with Crippen molar-refractivity contribution >= 4 is 32.7 Å². The van der Waals surface area contributed by atoms with Crippen LogP contribution in [0.5, 0.6) is 11.5 Å². The Morgan fingerprint density at radius 3 is 2.23 bits per heavy atom. The van der Waals surface area contributed by atoms with Crippen LogP contribution in [0, 0.1) is 0 Å². The molecule has 0 unspecified atom stereocenters. The number of carbonyl (C=O) groups excluding carboxylic acids is 1. The van der Waals surface area contributed by atoms with Crippen LogP contribution in [0.15, 0.2) is 66.7 Å². The fraction of sp³-hybridized carbons (Fsp3) is 0.0476. The van der Waals surface area contributed by atoms with Crippen molar-refractivity contribution in [3.05, 3.63) is 72.3 Å². The molecule has 1 heterocycles. The summed E-state index contributed by atoms with van der Waals surface area (Å²) in [6.45, 7) is 0. The van der Waals surface area contributed by atoms with E-state index in [9.17, 15) is 13.2 Å². The number of ether oxygens (including phenoxy) is 1. The van der Waals surface area contributed by atoms with Gasteiger partial charge in [0.15, 0.2) is 0 Å². The largest absolute Gasteiger partial charge is 0.457 e. The van der Waals surface area contributed by atoms with Gasteiger partial charge in [-0.2, -0.15) is 0 Å². The molecule has 30 heavy (non-hydrogen) atoms. The minimum Gasteiger partial charge on any atom is -0.457 e. The standard InChI is InChI=1S/C21H18N4O4S/c1-30(27,28)25-15-5-9-17(10-6-15)29-16-7-2-13(3-8-16)21-23-18-11-4-14(20(22)26)12-19(18)24-21/h2-12,25H,1H3,(H2,22,26)(H,23,24). The van der Waals surface area contributed by atoms with Crippen LogP contribution >= 0.6 is 0 Å². The van der Waals surface area contributed by atoms with E-state index >= 15 is 0 Å². The SMILES string of the molecule is CS(=O)(=O)Nc1ccc(Oc2ccc(-c3nc4ccc(C(N)=O)cc4[nH]3)cc2)cc1. The van der Waals surface area contributed by atoms with Crippen molar-refractivity contribution in [3.8, 4) is 22.9 Å². The van der Waals surface area contributed by atoms with E-state index in [0.717, 1.165) is 22.9 Å². The van der Waals surface area contributed by atoms with Crippen LogP contribution in [0.4, 0.5) is 5.69 Å². The quantitative estimate of drug-likeness (QED) is 0.438. The van der Waals surface area contributed by atoms with E-state index in [1.165, 1.54) is 0 Å². The molecule has 0 aliphatic rings. The number of H-pyrrole nitrogens is 1. The summed E-state index contributed by atoms with van der Waals surface area (Å²) in [6, 6.07) is 19.0. The zero-order valence-corrected chi connectivity index (χ0v) is 16.7. The number of hydrogen-bond donors (Lipinski definition) is 3. The zero-order valence-electron chi connectivity index (χ0n) is 15.9. The Labute approximate surface area is 172 Å². The van der Waals surface area contributed by atoms with Gasteiger partial charge in [-0.15, -0.1) is 0 Å². The van der Waals surface area contributed by atoms with Gasteiger partial charge in [0, 0.05) is 16.8 Å². The summed E-state index contributed by atoms with van der Waals surface area (Å²) < 4.78 is 30.7. The maximum Gasteiger partial charge on any atom is 0.248 e. The Balaban J connectivity index is 1.50. The monoisotopic (exact) mass is 422 g/mol. The number of imidazole rings is 1. The molecule has 0 saturated carbocycles. The van der Waals surface area contributed by atoms with E-state index in [4.69, 9.17) is 10.5 Å². The summed E-state index contributed by atoms with van der Waals surface area (Å²) in [5.41, 5.74) is 8.51. The number of rotatable bonds is 6. The molecule has 4 rings (SSSR count). The molecule has 4 N–H and O–H groups in total. The number of aromatic nitrogens is 2. The molecule has 0 radical (unpaired) electrons. The molecule has 152 valence electrons. The third kappa shape index (κ3) is 4.41. The molecule has 8 nitrogen and oxygen atoms in total. The van der Waals surface area contributed by atoms with Gasteiger partial charge in [-0.05, 0) is 66.7 Å². The Morgan fingerprint density at radius 2 is 1.63 bits per heavy atom. The highest BCUT2D eigenvalue weighted by molar-refractivity contribution is 7.92. The molecule has 0 spiro atoms. The number of nitrogens with two attached hydrogens (primary N) is 1. The van der Waals surface area contributed by atoms with Crippen LogP contribution in [-0.2, 0) is 10.0 Å². The molecule has 1 aromatic heterocycles. The number of nitrogens with zero attached hydrogens (tertiary/aromatic N) is 1. The van der Waals surface area contributed by atoms with Gasteiger partial charge in [-0.1, -0.05) is 0 Å². The third-order valence-electron chi connectivity index (χ3n) is 4.29. The summed E-state index contributed by atoms with van der Waals surface area (Å²) in [7, 11) is -3.32. The lowest BCUT2D eigenvalue weighted by molar-refractivity contribution is 0.100. The average Bonchev–Trinajstić information content (AvgIpc) is 3.12. The van der Waals surface area contributed by atoms with Crippen LogP contribution in [-0.4, -0.2) is 30.5 Å². The lowest BCUT2D eigenvalue weighted by atomic mass is 10.2. The topological polar surface area (TPSA) is 127 Å². The second kappa shape index (κ2) is 7.53. The predicted molar refractivity (Wildman–Crippen MR) is 115 cm³/mol. The highest BCUT2D eigenvalue weighted by atomic mass is 32.2. The third-order valence-corrected chi connectivity index (χ3v) is 4.89. The fourth-order valence-corrected chi connectivity index (χ4v) is 3.49. The summed E-state index contributed by atoms with van der Waals surface area (Å²) in [5, 5.41) is 0. The highest BCUT2D eigenvalue weighted by Crippen LogP contribution is 2.27. The van der Waals surface area contributed by atoms with E-state index in [-0.39, 0.29) is 0 Å². The summed E-state index contributed by atoms with van der Waals surface area (Å²) in [5.74, 6) is 1.36. The Morgan fingerprint density at radius 1 is 1.00 bits per heavy atom. The van der Waals surface area contributed by atoms with Crippen molar-refractivity contribution in [2.45, 2.75) is 0 Å². The van der Waals surface area contributed by atoms with Gasteiger partial charge >= 0.3 is 0 Å². The summed E-state index contributed by atoms with van der Waals surface area (Å²) >= 11 is 0. The van der Waals surface area contributed by atoms with Crippen molar-refractivity contribution in [3.63, 3.8) is 0 Å². The van der Waals surface area contributed by atoms with Gasteiger partial charge in [-0.3, -0.25) is 9.52 Å². The number of benzene rings is 3. The molecule has 0 fully saturated rings. The van der Waals surface area contributed by atoms with E-state index in [0.29, 0.717) is 28.6 Å². The summed E-state index contributed by atoms with van der Waals surface area (Å²) in [4.78, 5) is 19.0. The molecule has 3 aromatic carbocycles. The highest BCUT2D eigenvalue weighted by Gasteiger charge is 2.09. The van der Waals surface area contributed by atoms with E-state index in [2.05, 4.69) is 14.7 Å². The molecular weight excluding hydrogens is 404 g/mol.